The Morgan fingerprint density at radius 2 is 1.45 bits per heavy atom. The lowest BCUT2D eigenvalue weighted by atomic mass is 9.79. The Hall–Kier alpha value is -0.0800. The Morgan fingerprint density at radius 3 is 1.73 bits per heavy atom. The third kappa shape index (κ3) is 0.372. The molecule has 0 aliphatic heterocycles. The van der Waals surface area contributed by atoms with Gasteiger partial charge < -0.3 is 10.2 Å². The van der Waals surface area contributed by atoms with Crippen molar-refractivity contribution < 1.29 is 10.2 Å². The molecule has 0 bridgehead atoms. The van der Waals surface area contributed by atoms with Crippen LogP contribution in [0.2, 0.25) is 0 Å². The van der Waals surface area contributed by atoms with E-state index in [0.717, 1.165) is 0 Å². The quantitative estimate of drug-likeness (QED) is 0.604. The van der Waals surface area contributed by atoms with Crippen LogP contribution in [0.4, 0.5) is 0 Å². The van der Waals surface area contributed by atoms with E-state index in [9.17, 15) is 10.2 Å². The molecule has 62 valence electrons. The molecular weight excluding hydrogens is 140 g/mol. The normalized spacial score (nSPS) is 63.8. The second-order valence-electron chi connectivity index (χ2n) is 4.43. The van der Waals surface area contributed by atoms with Crippen molar-refractivity contribution in [2.45, 2.75) is 19.3 Å². The Kier molecular flexibility index (Phi) is 0.879. The number of fused-ring (bicyclic) bond motifs is 2. The van der Waals surface area contributed by atoms with Crippen LogP contribution in [0.1, 0.15) is 19.3 Å². The van der Waals surface area contributed by atoms with Gasteiger partial charge in [0.2, 0.25) is 0 Å². The van der Waals surface area contributed by atoms with Gasteiger partial charge in [-0.15, -0.1) is 0 Å². The van der Waals surface area contributed by atoms with Gasteiger partial charge in [-0.3, -0.25) is 0 Å². The van der Waals surface area contributed by atoms with Crippen LogP contribution in [0.5, 0.6) is 0 Å². The summed E-state index contributed by atoms with van der Waals surface area (Å²) in [6.07, 6.45) is 3.81. The molecule has 0 aromatic carbocycles. The number of aliphatic hydroxyl groups excluding tert-OH is 2. The van der Waals surface area contributed by atoms with Crippen molar-refractivity contribution in [3.05, 3.63) is 0 Å². The lowest BCUT2D eigenvalue weighted by Crippen LogP contribution is -2.22. The number of rotatable bonds is 2. The predicted octanol–water partition coefficient (Wildman–Crippen LogP) is 0.387. The molecule has 0 unspecified atom stereocenters. The molecule has 3 fully saturated rings. The molecule has 3 aliphatic rings. The van der Waals surface area contributed by atoms with Crippen LogP contribution >= 0.6 is 0 Å². The van der Waals surface area contributed by atoms with E-state index in [0.29, 0.717) is 25.0 Å². The van der Waals surface area contributed by atoms with Crippen molar-refractivity contribution in [3.63, 3.8) is 0 Å². The van der Waals surface area contributed by atoms with Gasteiger partial charge in [0.1, 0.15) is 0 Å². The van der Waals surface area contributed by atoms with Gasteiger partial charge in [-0.1, -0.05) is 6.42 Å². The van der Waals surface area contributed by atoms with Crippen LogP contribution < -0.4 is 0 Å². The number of hydrogen-bond acceptors (Lipinski definition) is 2. The van der Waals surface area contributed by atoms with E-state index >= 15 is 0 Å². The maximum atomic E-state index is 9.20. The van der Waals surface area contributed by atoms with Crippen LogP contribution in [-0.4, -0.2) is 23.4 Å². The standard InChI is InChI=1S/C9H14O2/c10-4-8-6-2-1-3-7(8)9(6,8)5-11/h6-7,10-11H,1-5H2. The van der Waals surface area contributed by atoms with E-state index < -0.39 is 0 Å². The summed E-state index contributed by atoms with van der Waals surface area (Å²) in [5.74, 6) is 1.37. The topological polar surface area (TPSA) is 40.5 Å². The second-order valence-corrected chi connectivity index (χ2v) is 4.43. The Bertz CT molecular complexity index is 182. The molecule has 3 saturated carbocycles. The third-order valence-electron chi connectivity index (χ3n) is 4.70. The summed E-state index contributed by atoms with van der Waals surface area (Å²) in [7, 11) is 0. The lowest BCUT2D eigenvalue weighted by Gasteiger charge is -2.26. The number of aliphatic hydroxyl groups is 2. The van der Waals surface area contributed by atoms with Gasteiger partial charge >= 0.3 is 0 Å². The summed E-state index contributed by atoms with van der Waals surface area (Å²) < 4.78 is 0. The molecular formula is C9H14O2. The van der Waals surface area contributed by atoms with Crippen LogP contribution in [0.25, 0.3) is 0 Å². The van der Waals surface area contributed by atoms with Crippen molar-refractivity contribution in [3.8, 4) is 0 Å². The summed E-state index contributed by atoms with van der Waals surface area (Å²) in [6, 6.07) is 0. The van der Waals surface area contributed by atoms with Crippen LogP contribution in [-0.2, 0) is 0 Å². The molecule has 0 aromatic heterocycles. The van der Waals surface area contributed by atoms with E-state index in [2.05, 4.69) is 0 Å². The molecule has 3 rings (SSSR count). The summed E-state index contributed by atoms with van der Waals surface area (Å²) in [5, 5.41) is 18.4. The molecule has 0 aromatic rings. The first-order valence-corrected chi connectivity index (χ1v) is 4.56. The van der Waals surface area contributed by atoms with E-state index in [-0.39, 0.29) is 10.8 Å². The van der Waals surface area contributed by atoms with Crippen molar-refractivity contribution >= 4 is 0 Å². The fourth-order valence-electron chi connectivity index (χ4n) is 4.17. The van der Waals surface area contributed by atoms with Crippen molar-refractivity contribution in [2.24, 2.45) is 22.7 Å². The molecule has 0 atom stereocenters. The molecule has 3 aliphatic carbocycles. The van der Waals surface area contributed by atoms with Gasteiger partial charge in [0, 0.05) is 24.0 Å². The van der Waals surface area contributed by atoms with Crippen LogP contribution in [0.15, 0.2) is 0 Å². The summed E-state index contributed by atoms with van der Waals surface area (Å²) in [5.41, 5.74) is 0.444. The van der Waals surface area contributed by atoms with Gasteiger partial charge in [-0.25, -0.2) is 0 Å². The first kappa shape index (κ1) is 6.44. The molecule has 11 heavy (non-hydrogen) atoms. The van der Waals surface area contributed by atoms with Crippen LogP contribution in [0.3, 0.4) is 0 Å². The predicted molar refractivity (Wildman–Crippen MR) is 39.9 cm³/mol. The SMILES string of the molecule is OCC12C3CCCC1C32CO. The van der Waals surface area contributed by atoms with E-state index in [1.807, 2.05) is 0 Å². The third-order valence-corrected chi connectivity index (χ3v) is 4.70. The van der Waals surface area contributed by atoms with Gasteiger partial charge in [0.25, 0.3) is 0 Å². The highest BCUT2D eigenvalue weighted by Gasteiger charge is 2.96. The number of hydrogen-bond donors (Lipinski definition) is 2. The molecule has 0 saturated heterocycles. The largest absolute Gasteiger partial charge is 0.396 e. The van der Waals surface area contributed by atoms with Crippen molar-refractivity contribution in [1.82, 2.24) is 0 Å². The first-order valence-electron chi connectivity index (χ1n) is 4.56. The summed E-state index contributed by atoms with van der Waals surface area (Å²) in [4.78, 5) is 0. The molecule has 0 spiro atoms. The maximum absolute atomic E-state index is 9.20. The highest BCUT2D eigenvalue weighted by atomic mass is 16.3. The molecule has 2 N–H and O–H groups in total. The summed E-state index contributed by atoms with van der Waals surface area (Å²) >= 11 is 0. The molecule has 2 nitrogen and oxygen atoms in total. The van der Waals surface area contributed by atoms with Gasteiger partial charge in [-0.2, -0.15) is 0 Å². The van der Waals surface area contributed by atoms with Crippen molar-refractivity contribution in [2.75, 3.05) is 13.2 Å². The Labute approximate surface area is 66.2 Å². The fourth-order valence-corrected chi connectivity index (χ4v) is 4.17. The van der Waals surface area contributed by atoms with E-state index in [4.69, 9.17) is 0 Å². The minimum Gasteiger partial charge on any atom is -0.396 e. The van der Waals surface area contributed by atoms with Crippen molar-refractivity contribution in [1.29, 1.82) is 0 Å². The molecule has 0 radical (unpaired) electrons. The van der Waals surface area contributed by atoms with Gasteiger partial charge in [0.05, 0.1) is 0 Å². The smallest absolute Gasteiger partial charge is 0.0499 e. The van der Waals surface area contributed by atoms with E-state index in [1.165, 1.54) is 19.3 Å². The zero-order chi connectivity index (χ0) is 7.69. The zero-order valence-corrected chi connectivity index (χ0v) is 6.58. The Morgan fingerprint density at radius 1 is 1.00 bits per heavy atom. The molecule has 0 amide bonds. The maximum Gasteiger partial charge on any atom is 0.0499 e. The second kappa shape index (κ2) is 1.50. The highest BCUT2D eigenvalue weighted by Crippen LogP contribution is 2.96. The van der Waals surface area contributed by atoms with E-state index in [1.54, 1.807) is 0 Å². The molecule has 0 heterocycles. The van der Waals surface area contributed by atoms with Gasteiger partial charge in [-0.05, 0) is 24.7 Å². The lowest BCUT2D eigenvalue weighted by molar-refractivity contribution is 0.137. The monoisotopic (exact) mass is 154 g/mol. The molecule has 2 heteroatoms. The fraction of sp³-hybridized carbons (Fsp3) is 1.00. The average Bonchev–Trinajstić information content (AvgIpc) is 2.90. The van der Waals surface area contributed by atoms with Gasteiger partial charge in [0.15, 0.2) is 0 Å². The van der Waals surface area contributed by atoms with Crippen LogP contribution in [0, 0.1) is 22.7 Å². The summed E-state index contributed by atoms with van der Waals surface area (Å²) in [6.45, 7) is 0.645. The average molecular weight is 154 g/mol. The minimum absolute atomic E-state index is 0.222. The zero-order valence-electron chi connectivity index (χ0n) is 6.58. The minimum atomic E-state index is 0.222. The first-order chi connectivity index (χ1) is 5.34. The Balaban J connectivity index is 1.92. The highest BCUT2D eigenvalue weighted by molar-refractivity contribution is 5.42.